The fourth-order valence-corrected chi connectivity index (χ4v) is 14.1. The molecular weight excluding hydrogens is 1490 g/mol. The number of carbonyl (C=O) groups is 3. The number of rotatable bonds is 20. The van der Waals surface area contributed by atoms with E-state index in [0.29, 0.717) is 27.2 Å². The number of nitrogens with zero attached hydrogens (tertiary/aromatic N) is 10. The molecule has 0 atom stereocenters. The molecular formula is C70H70BrCl3F2N10O12S3. The summed E-state index contributed by atoms with van der Waals surface area (Å²) in [6.45, 7) is 17.4. The van der Waals surface area contributed by atoms with Gasteiger partial charge in [-0.1, -0.05) is 134 Å². The highest BCUT2D eigenvalue weighted by Crippen LogP contribution is 2.36. The van der Waals surface area contributed by atoms with Crippen molar-refractivity contribution in [2.75, 3.05) is 54.4 Å². The van der Waals surface area contributed by atoms with Gasteiger partial charge in [0.2, 0.25) is 23.5 Å². The van der Waals surface area contributed by atoms with Gasteiger partial charge >= 0.3 is 0 Å². The van der Waals surface area contributed by atoms with E-state index in [1.807, 2.05) is 59.7 Å². The lowest BCUT2D eigenvalue weighted by Crippen LogP contribution is -2.34. The van der Waals surface area contributed by atoms with Crippen LogP contribution in [0.1, 0.15) is 127 Å². The van der Waals surface area contributed by atoms with E-state index in [1.54, 1.807) is 36.4 Å². The zero-order valence-corrected chi connectivity index (χ0v) is 63.0. The lowest BCUT2D eigenvalue weighted by molar-refractivity contribution is 0.102. The zero-order chi connectivity index (χ0) is 75.0. The molecule has 0 amide bonds. The lowest BCUT2D eigenvalue weighted by Gasteiger charge is -2.26. The maximum absolute atomic E-state index is 13.6. The molecule has 0 N–H and O–H groups in total. The average molecular weight is 1560 g/mol. The second-order valence-corrected chi connectivity index (χ2v) is 32.4. The Bertz CT molecular complexity index is 4790. The Labute approximate surface area is 609 Å². The predicted molar refractivity (Wildman–Crippen MR) is 385 cm³/mol. The molecule has 6 aromatic heterocycles. The smallest absolute Gasteiger partial charge is 0.266 e. The van der Waals surface area contributed by atoms with Crippen LogP contribution < -0.4 is 12.9 Å². The summed E-state index contributed by atoms with van der Waals surface area (Å²) in [6.07, 6.45) is 8.01. The van der Waals surface area contributed by atoms with Crippen LogP contribution in [0.2, 0.25) is 15.1 Å². The van der Waals surface area contributed by atoms with Crippen LogP contribution in [-0.4, -0.2) is 115 Å². The summed E-state index contributed by atoms with van der Waals surface area (Å²) < 4.78 is 124. The van der Waals surface area contributed by atoms with E-state index in [4.69, 9.17) is 54.3 Å². The van der Waals surface area contributed by atoms with Crippen molar-refractivity contribution < 1.29 is 62.6 Å². The van der Waals surface area contributed by atoms with Gasteiger partial charge in [0.1, 0.15) is 47.9 Å². The van der Waals surface area contributed by atoms with Gasteiger partial charge in [0.15, 0.2) is 6.29 Å². The highest BCUT2D eigenvalue weighted by atomic mass is 79.9. The van der Waals surface area contributed by atoms with Gasteiger partial charge in [0.25, 0.3) is 30.1 Å². The van der Waals surface area contributed by atoms with Crippen LogP contribution in [0.3, 0.4) is 0 Å². The molecule has 0 radical (unpaired) electrons. The van der Waals surface area contributed by atoms with E-state index in [0.717, 1.165) is 47.9 Å². The quantitative estimate of drug-likeness (QED) is 0.0296. The van der Waals surface area contributed by atoms with Crippen LogP contribution in [-0.2, 0) is 60.5 Å². The molecule has 0 aliphatic rings. The highest BCUT2D eigenvalue weighted by Gasteiger charge is 2.34. The number of aromatic nitrogens is 6. The minimum Gasteiger partial charge on any atom is -0.363 e. The summed E-state index contributed by atoms with van der Waals surface area (Å²) in [4.78, 5) is 59.3. The number of methoxy groups -OCH3 is 3. The van der Waals surface area contributed by atoms with Crippen molar-refractivity contribution in [2.24, 2.45) is 0 Å². The van der Waals surface area contributed by atoms with Gasteiger partial charge in [-0.3, -0.25) is 14.4 Å². The fourth-order valence-electron chi connectivity index (χ4n) is 8.93. The van der Waals surface area contributed by atoms with Crippen LogP contribution in [0.5, 0.6) is 0 Å². The van der Waals surface area contributed by atoms with Crippen LogP contribution in [0.25, 0.3) is 0 Å². The first-order valence-electron chi connectivity index (χ1n) is 30.0. The van der Waals surface area contributed by atoms with Crippen LogP contribution in [0, 0.1) is 23.2 Å². The number of sulfonamides is 3. The largest absolute Gasteiger partial charge is 0.363 e. The van der Waals surface area contributed by atoms with Crippen molar-refractivity contribution in [3.05, 3.63) is 247 Å². The number of nitriles is 1. The number of carbonyl (C=O) groups excluding carboxylic acids is 3. The van der Waals surface area contributed by atoms with Gasteiger partial charge in [-0.2, -0.15) is 14.0 Å². The number of anilines is 3. The first-order valence-corrected chi connectivity index (χ1v) is 36.2. The average Bonchev–Trinajstić information content (AvgIpc) is 0.784. The standard InChI is InChI=1S/C24H23ClN4O4S.C23H23ClFN3O4S.C17H20BrClN2O3S.C6H4FNO/c1-24(2,3)17-6-9-20(10-7-17)34(31,32)29(15-33-4)21-11-18(25)14-28-22(21)23(30)16-5-8-19(12-26)27-13-16;1-23(2,3)16-6-8-18(9-7-16)33(30,31)28(14-32-4)19-11-17(24)13-27-21(19)22(29)15-5-10-20(25)26-12-15;1-17(2,3)12-5-7-14(8-6-12)25(22,23)21(11-24-4)15-9-13(19)10-20-16(15)18;7-6-2-1-5(4-9)3-8-6/h5-11,13-14H,15H2,1-4H3;5-13H,14H2,1-4H3;5-10H,11H2,1-4H3;1-4H. The summed E-state index contributed by atoms with van der Waals surface area (Å²) in [5, 5.41) is 9.54. The molecule has 6 heterocycles. The summed E-state index contributed by atoms with van der Waals surface area (Å²) >= 11 is 21.5. The normalized spacial score (nSPS) is 11.7. The predicted octanol–water partition coefficient (Wildman–Crippen LogP) is 14.6. The Balaban J connectivity index is 0.000000226. The zero-order valence-electron chi connectivity index (χ0n) is 56.7. The molecule has 0 saturated heterocycles. The van der Waals surface area contributed by atoms with Gasteiger partial charge in [-0.05, 0) is 140 Å². The fraction of sp³-hybridized carbons (Fsp3) is 0.257. The lowest BCUT2D eigenvalue weighted by atomic mass is 9.87. The third-order valence-corrected chi connectivity index (χ3v) is 20.9. The number of benzene rings is 3. The Morgan fingerprint density at radius 3 is 1.10 bits per heavy atom. The molecule has 101 heavy (non-hydrogen) atoms. The van der Waals surface area contributed by atoms with E-state index in [-0.39, 0.29) is 94.0 Å². The van der Waals surface area contributed by atoms with Crippen molar-refractivity contribution in [3.63, 3.8) is 0 Å². The number of aldehydes is 1. The van der Waals surface area contributed by atoms with E-state index in [9.17, 15) is 48.4 Å². The van der Waals surface area contributed by atoms with Gasteiger partial charge < -0.3 is 14.2 Å². The molecule has 0 aliphatic carbocycles. The summed E-state index contributed by atoms with van der Waals surface area (Å²) in [6, 6.07) is 33.5. The first kappa shape index (κ1) is 81.4. The number of hydrogen-bond donors (Lipinski definition) is 0. The Hall–Kier alpha value is -8.60. The van der Waals surface area contributed by atoms with Crippen LogP contribution >= 0.6 is 50.7 Å². The molecule has 0 unspecified atom stereocenters. The SMILES string of the molecule is COCN(c1cc(Cl)cnc1Br)S(=O)(=O)c1ccc(C(C)(C)C)cc1.COCN(c1cc(Cl)cnc1C(=O)c1ccc(C#N)nc1)S(=O)(=O)c1ccc(C(C)(C)C)cc1.COCN(c1cc(Cl)cnc1C(=O)c1ccc(F)nc1)S(=O)(=O)c1ccc(C(C)(C)C)cc1.O=Cc1ccc(F)nc1. The van der Waals surface area contributed by atoms with Gasteiger partial charge in [-0.25, -0.2) is 68.1 Å². The molecule has 0 aliphatic heterocycles. The van der Waals surface area contributed by atoms with Crippen molar-refractivity contribution in [2.45, 2.75) is 93.2 Å². The molecule has 31 heteroatoms. The topological polar surface area (TPSA) is 292 Å². The second kappa shape index (κ2) is 34.8. The van der Waals surface area contributed by atoms with Gasteiger partial charge in [0.05, 0.1) is 46.8 Å². The molecule has 532 valence electrons. The molecule has 3 aromatic carbocycles. The Morgan fingerprint density at radius 1 is 0.475 bits per heavy atom. The molecule has 9 rings (SSSR count). The van der Waals surface area contributed by atoms with Crippen molar-refractivity contribution in [1.82, 2.24) is 29.9 Å². The highest BCUT2D eigenvalue weighted by molar-refractivity contribution is 9.10. The van der Waals surface area contributed by atoms with E-state index >= 15 is 0 Å². The first-order chi connectivity index (χ1) is 47.3. The van der Waals surface area contributed by atoms with Gasteiger partial charge in [-0.15, -0.1) is 0 Å². The minimum atomic E-state index is -4.16. The second-order valence-electron chi connectivity index (χ2n) is 24.7. The molecule has 0 fully saturated rings. The van der Waals surface area contributed by atoms with Crippen molar-refractivity contribution >= 4 is 116 Å². The van der Waals surface area contributed by atoms with Crippen LogP contribution in [0.15, 0.2) is 184 Å². The van der Waals surface area contributed by atoms with E-state index in [2.05, 4.69) is 66.6 Å². The van der Waals surface area contributed by atoms with Crippen LogP contribution in [0.4, 0.5) is 25.8 Å². The third-order valence-electron chi connectivity index (χ3n) is 14.4. The number of ketones is 2. The molecule has 0 bridgehead atoms. The van der Waals surface area contributed by atoms with Crippen molar-refractivity contribution in [1.29, 1.82) is 5.26 Å². The maximum Gasteiger partial charge on any atom is 0.266 e. The number of hydrogen-bond acceptors (Lipinski definition) is 19. The third kappa shape index (κ3) is 21.3. The van der Waals surface area contributed by atoms with E-state index < -0.39 is 60.3 Å². The number of pyridine rings is 6. The summed E-state index contributed by atoms with van der Waals surface area (Å²) in [7, 11) is -8.04. The Morgan fingerprint density at radius 2 is 0.802 bits per heavy atom. The van der Waals surface area contributed by atoms with E-state index in [1.165, 1.54) is 119 Å². The molecule has 0 spiro atoms. The molecule has 9 aromatic rings. The summed E-state index contributed by atoms with van der Waals surface area (Å²) in [5.74, 6) is -2.55. The minimum absolute atomic E-state index is 0.00868. The Kier molecular flexibility index (Phi) is 28.1. The number of ether oxygens (including phenoxy) is 3. The molecule has 22 nitrogen and oxygen atoms in total. The number of halogens is 6. The van der Waals surface area contributed by atoms with Crippen molar-refractivity contribution in [3.8, 4) is 6.07 Å². The molecule has 0 saturated carbocycles. The summed E-state index contributed by atoms with van der Waals surface area (Å²) in [5.41, 5.74) is 3.18. The maximum atomic E-state index is 13.6. The monoisotopic (exact) mass is 1560 g/mol. The van der Waals surface area contributed by atoms with Gasteiger partial charge in [0, 0.05) is 75.2 Å².